The van der Waals surface area contributed by atoms with E-state index in [1.165, 1.54) is 0 Å². The molecule has 0 aliphatic heterocycles. The Balaban J connectivity index is 1.37. The van der Waals surface area contributed by atoms with Crippen LogP contribution >= 0.6 is 15.9 Å². The van der Waals surface area contributed by atoms with Gasteiger partial charge in [-0.3, -0.25) is 0 Å². The lowest BCUT2D eigenvalue weighted by Crippen LogP contribution is -2.27. The summed E-state index contributed by atoms with van der Waals surface area (Å²) in [7, 11) is 0. The monoisotopic (exact) mass is 629 g/mol. The van der Waals surface area contributed by atoms with Crippen LogP contribution < -0.4 is 4.90 Å². The average molecular weight is 631 g/mol. The lowest BCUT2D eigenvalue weighted by Gasteiger charge is -2.30. The molecule has 7 aromatic carbocycles. The van der Waals surface area contributed by atoms with Gasteiger partial charge in [0.25, 0.3) is 0 Å². The maximum atomic E-state index is 12.9. The predicted octanol–water partition coefficient (Wildman–Crippen LogP) is 11.0. The number of hydrogen-bond acceptors (Lipinski definition) is 2. The topological polar surface area (TPSA) is 23.5 Å². The summed E-state index contributed by atoms with van der Waals surface area (Å²) >= 11 is 3.78. The van der Waals surface area contributed by atoms with Crippen molar-refractivity contribution >= 4 is 43.8 Å². The fourth-order valence-corrected chi connectivity index (χ4v) is 7.46. The largest absolute Gasteiger partial charge is 0.376 e. The minimum absolute atomic E-state index is 0.866. The Labute approximate surface area is 265 Å². The number of para-hydroxylation sites is 2. The van der Waals surface area contributed by atoms with Crippen LogP contribution in [0.3, 0.4) is 0 Å². The minimum Gasteiger partial charge on any atom is -0.376 e. The summed E-state index contributed by atoms with van der Waals surface area (Å²) in [6.07, 6.45) is 0. The highest BCUT2D eigenvalue weighted by Crippen LogP contribution is 2.55. The molecular formula is C41H28BrNO. The summed E-state index contributed by atoms with van der Waals surface area (Å²) in [5, 5.41) is 15.2. The smallest absolute Gasteiger partial charge is 0.142 e. The Kier molecular flexibility index (Phi) is 6.44. The van der Waals surface area contributed by atoms with Crippen LogP contribution in [-0.2, 0) is 5.60 Å². The van der Waals surface area contributed by atoms with Gasteiger partial charge in [0.1, 0.15) is 5.60 Å². The first kappa shape index (κ1) is 26.7. The molecule has 44 heavy (non-hydrogen) atoms. The first-order chi connectivity index (χ1) is 21.7. The van der Waals surface area contributed by atoms with Crippen molar-refractivity contribution in [3.8, 4) is 22.3 Å². The second-order valence-electron chi connectivity index (χ2n) is 11.1. The van der Waals surface area contributed by atoms with Crippen molar-refractivity contribution in [2.24, 2.45) is 0 Å². The molecule has 0 amide bonds. The summed E-state index contributed by atoms with van der Waals surface area (Å²) in [5.74, 6) is 0. The second-order valence-corrected chi connectivity index (χ2v) is 12.0. The van der Waals surface area contributed by atoms with Crippen LogP contribution in [0.2, 0.25) is 0 Å². The van der Waals surface area contributed by atoms with Crippen molar-refractivity contribution in [2.45, 2.75) is 5.60 Å². The second kappa shape index (κ2) is 10.6. The number of fused-ring (bicyclic) bond motifs is 4. The molecule has 1 unspecified atom stereocenters. The maximum absolute atomic E-state index is 12.9. The molecule has 0 radical (unpaired) electrons. The van der Waals surface area contributed by atoms with Crippen molar-refractivity contribution < 1.29 is 5.11 Å². The van der Waals surface area contributed by atoms with E-state index >= 15 is 0 Å². The number of halogens is 1. The highest BCUT2D eigenvalue weighted by molar-refractivity contribution is 9.10. The quantitative estimate of drug-likeness (QED) is 0.205. The molecule has 1 aliphatic carbocycles. The van der Waals surface area contributed by atoms with Gasteiger partial charge in [-0.2, -0.15) is 0 Å². The SMILES string of the molecule is OC1(c2ccccc2-c2ccc(N(c3ccccc3)c3ccccc3)c3ccccc23)c2ccccc2-c2c(Br)cccc21. The van der Waals surface area contributed by atoms with E-state index in [4.69, 9.17) is 0 Å². The summed E-state index contributed by atoms with van der Waals surface area (Å²) in [5.41, 5.74) is 8.80. The molecule has 0 bridgehead atoms. The average Bonchev–Trinajstić information content (AvgIpc) is 3.36. The molecule has 7 aromatic rings. The Bertz CT molecular complexity index is 2120. The van der Waals surface area contributed by atoms with Gasteiger partial charge < -0.3 is 10.0 Å². The van der Waals surface area contributed by atoms with Crippen LogP contribution in [0.4, 0.5) is 17.1 Å². The predicted molar refractivity (Wildman–Crippen MR) is 186 cm³/mol. The maximum Gasteiger partial charge on any atom is 0.142 e. The van der Waals surface area contributed by atoms with Crippen LogP contribution in [0.5, 0.6) is 0 Å². The normalized spacial score (nSPS) is 15.1. The summed E-state index contributed by atoms with van der Waals surface area (Å²) in [6.45, 7) is 0. The summed E-state index contributed by atoms with van der Waals surface area (Å²) in [4.78, 5) is 2.31. The van der Waals surface area contributed by atoms with E-state index in [9.17, 15) is 5.11 Å². The molecule has 0 spiro atoms. The van der Waals surface area contributed by atoms with E-state index in [2.05, 4.69) is 142 Å². The fourth-order valence-electron chi connectivity index (χ4n) is 6.88. The van der Waals surface area contributed by atoms with E-state index < -0.39 is 5.60 Å². The molecule has 0 fully saturated rings. The number of anilines is 3. The first-order valence-corrected chi connectivity index (χ1v) is 15.6. The lowest BCUT2D eigenvalue weighted by atomic mass is 9.79. The van der Waals surface area contributed by atoms with Crippen molar-refractivity contribution in [2.75, 3.05) is 4.90 Å². The molecule has 0 heterocycles. The van der Waals surface area contributed by atoms with Gasteiger partial charge in [0.15, 0.2) is 0 Å². The number of aliphatic hydroxyl groups is 1. The number of hydrogen-bond donors (Lipinski definition) is 1. The fraction of sp³-hybridized carbons (Fsp3) is 0.0244. The van der Waals surface area contributed by atoms with Gasteiger partial charge >= 0.3 is 0 Å². The number of benzene rings is 7. The Morgan fingerprint density at radius 2 is 0.955 bits per heavy atom. The summed E-state index contributed by atoms with van der Waals surface area (Å²) < 4.78 is 0.979. The zero-order valence-corrected chi connectivity index (χ0v) is 25.4. The summed E-state index contributed by atoms with van der Waals surface area (Å²) in [6, 6.07) is 56.6. The third kappa shape index (κ3) is 4.05. The third-order valence-corrected chi connectivity index (χ3v) is 9.43. The molecular weight excluding hydrogens is 602 g/mol. The van der Waals surface area contributed by atoms with E-state index in [0.29, 0.717) is 0 Å². The van der Waals surface area contributed by atoms with Gasteiger partial charge in [0, 0.05) is 43.5 Å². The first-order valence-electron chi connectivity index (χ1n) is 14.8. The standard InChI is InChI=1S/C41H28BrNO/c42-38-25-13-24-37-40(38)34-21-10-12-23-36(34)41(37,44)35-22-11-9-19-32(35)31-26-27-39(33-20-8-7-18-30(31)33)43(28-14-3-1-4-15-28)29-16-5-2-6-17-29/h1-27,44H. The number of nitrogens with zero attached hydrogens (tertiary/aromatic N) is 1. The van der Waals surface area contributed by atoms with Crippen LogP contribution in [0, 0.1) is 0 Å². The third-order valence-electron chi connectivity index (χ3n) is 8.77. The van der Waals surface area contributed by atoms with Gasteiger partial charge in [-0.25, -0.2) is 0 Å². The van der Waals surface area contributed by atoms with E-state index in [1.807, 2.05) is 42.5 Å². The van der Waals surface area contributed by atoms with Crippen molar-refractivity contribution in [3.05, 3.63) is 185 Å². The zero-order chi connectivity index (χ0) is 29.7. The van der Waals surface area contributed by atoms with Gasteiger partial charge in [0.05, 0.1) is 5.69 Å². The van der Waals surface area contributed by atoms with Gasteiger partial charge in [-0.1, -0.05) is 143 Å². The molecule has 0 aromatic heterocycles. The molecule has 8 rings (SSSR count). The van der Waals surface area contributed by atoms with Crippen LogP contribution in [0.1, 0.15) is 16.7 Å². The van der Waals surface area contributed by atoms with Gasteiger partial charge in [-0.05, 0) is 58.5 Å². The van der Waals surface area contributed by atoms with Crippen LogP contribution in [-0.4, -0.2) is 5.11 Å². The van der Waals surface area contributed by atoms with Crippen molar-refractivity contribution in [3.63, 3.8) is 0 Å². The molecule has 2 nitrogen and oxygen atoms in total. The van der Waals surface area contributed by atoms with E-state index in [1.54, 1.807) is 0 Å². The molecule has 0 saturated heterocycles. The molecule has 3 heteroatoms. The van der Waals surface area contributed by atoms with Crippen LogP contribution in [0.15, 0.2) is 168 Å². The Hall–Kier alpha value is -4.96. The highest BCUT2D eigenvalue weighted by Gasteiger charge is 2.45. The zero-order valence-electron chi connectivity index (χ0n) is 23.9. The van der Waals surface area contributed by atoms with Crippen LogP contribution in [0.25, 0.3) is 33.0 Å². The molecule has 1 atom stereocenters. The van der Waals surface area contributed by atoms with Crippen molar-refractivity contribution in [1.82, 2.24) is 0 Å². The molecule has 1 N–H and O–H groups in total. The lowest BCUT2D eigenvalue weighted by molar-refractivity contribution is 0.131. The molecule has 0 saturated carbocycles. The van der Waals surface area contributed by atoms with E-state index in [-0.39, 0.29) is 0 Å². The molecule has 210 valence electrons. The Morgan fingerprint density at radius 3 is 1.64 bits per heavy atom. The van der Waals surface area contributed by atoms with Crippen molar-refractivity contribution in [1.29, 1.82) is 0 Å². The highest BCUT2D eigenvalue weighted by atomic mass is 79.9. The Morgan fingerprint density at radius 1 is 0.432 bits per heavy atom. The molecule has 1 aliphatic rings. The van der Waals surface area contributed by atoms with E-state index in [0.717, 1.165) is 71.3 Å². The van der Waals surface area contributed by atoms with Gasteiger partial charge in [0.2, 0.25) is 0 Å². The minimum atomic E-state index is -1.31. The number of rotatable bonds is 5. The van der Waals surface area contributed by atoms with Gasteiger partial charge in [-0.15, -0.1) is 0 Å².